The maximum Gasteiger partial charge on any atom is 0.190 e. The summed E-state index contributed by atoms with van der Waals surface area (Å²) in [5, 5.41) is 0. The highest BCUT2D eigenvalue weighted by atomic mass is 35.6. The summed E-state index contributed by atoms with van der Waals surface area (Å²) in [4.78, 5) is 0. The molecular weight excluding hydrogens is 413 g/mol. The van der Waals surface area contributed by atoms with Crippen molar-refractivity contribution in [2.75, 3.05) is 0 Å². The Morgan fingerprint density at radius 1 is 0.700 bits per heavy atom. The second-order valence-electron chi connectivity index (χ2n) is 5.11. The number of alkyl halides is 6. The van der Waals surface area contributed by atoms with Crippen LogP contribution in [0, 0.1) is 0 Å². The first-order chi connectivity index (χ1) is 9.00. The fourth-order valence-corrected chi connectivity index (χ4v) is 3.16. The molecule has 1 aromatic rings. The van der Waals surface area contributed by atoms with Crippen LogP contribution in [-0.2, 0) is 12.8 Å². The minimum absolute atomic E-state index is 0.0888. The summed E-state index contributed by atoms with van der Waals surface area (Å²) in [6, 6.07) is 8.24. The van der Waals surface area contributed by atoms with Crippen LogP contribution in [0.5, 0.6) is 0 Å². The molecule has 2 atom stereocenters. The van der Waals surface area contributed by atoms with Gasteiger partial charge in [0, 0.05) is 20.5 Å². The zero-order valence-corrected chi connectivity index (χ0v) is 19.7. The van der Waals surface area contributed by atoms with Gasteiger partial charge in [0.1, 0.15) is 0 Å². The van der Waals surface area contributed by atoms with Crippen molar-refractivity contribution >= 4 is 90.1 Å². The van der Waals surface area contributed by atoms with Gasteiger partial charge >= 0.3 is 0 Å². The Morgan fingerprint density at radius 3 is 1.15 bits per heavy atom. The Balaban J connectivity index is 2.66. The molecule has 0 saturated carbocycles. The molecule has 0 amide bonds. The fourth-order valence-electron chi connectivity index (χ4n) is 1.75. The van der Waals surface area contributed by atoms with Crippen LogP contribution >= 0.6 is 69.6 Å². The third-order valence-corrected chi connectivity index (χ3v) is 10.2. The van der Waals surface area contributed by atoms with Gasteiger partial charge in [0.2, 0.25) is 0 Å². The van der Waals surface area contributed by atoms with E-state index in [2.05, 4.69) is 24.3 Å². The smallest absolute Gasteiger partial charge is 0.0837 e. The van der Waals surface area contributed by atoms with Crippen LogP contribution in [0.4, 0.5) is 0 Å². The van der Waals surface area contributed by atoms with Crippen molar-refractivity contribution in [1.29, 1.82) is 0 Å². The molecule has 0 aliphatic carbocycles. The van der Waals surface area contributed by atoms with Gasteiger partial charge in [-0.1, -0.05) is 93.9 Å². The largest absolute Gasteiger partial charge is 0.190 e. The Bertz CT molecular complexity index is 382. The highest BCUT2D eigenvalue weighted by molar-refractivity contribution is 6.70. The zero-order chi connectivity index (χ0) is 15.6. The summed E-state index contributed by atoms with van der Waals surface area (Å²) < 4.78 is -2.36. The van der Waals surface area contributed by atoms with Crippen LogP contribution in [0.25, 0.3) is 0 Å². The Kier molecular flexibility index (Phi) is 7.57. The SMILES string of the molecule is [SiH3]C(Cc1ccc(CC([SiH3])C(Cl)(Cl)Cl)cc1)C(Cl)(Cl)Cl. The normalized spacial score (nSPS) is 16.3. The van der Waals surface area contributed by atoms with E-state index in [1.165, 1.54) is 11.1 Å². The summed E-state index contributed by atoms with van der Waals surface area (Å²) >= 11 is 35.5. The molecule has 0 radical (unpaired) electrons. The molecule has 8 heteroatoms. The second-order valence-corrected chi connectivity index (χ2v) is 12.6. The van der Waals surface area contributed by atoms with E-state index in [9.17, 15) is 0 Å². The summed E-state index contributed by atoms with van der Waals surface area (Å²) in [5.41, 5.74) is 2.51. The molecule has 0 aliphatic rings. The number of hydrogen-bond donors (Lipinski definition) is 0. The van der Waals surface area contributed by atoms with Gasteiger partial charge in [-0.25, -0.2) is 0 Å². The quantitative estimate of drug-likeness (QED) is 0.505. The lowest BCUT2D eigenvalue weighted by Crippen LogP contribution is -2.16. The van der Waals surface area contributed by atoms with Crippen molar-refractivity contribution < 1.29 is 0 Å². The predicted octanol–water partition coefficient (Wildman–Crippen LogP) is 3.82. The van der Waals surface area contributed by atoms with Crippen molar-refractivity contribution in [2.24, 2.45) is 0 Å². The number of hydrogen-bond acceptors (Lipinski definition) is 0. The van der Waals surface area contributed by atoms with E-state index in [1.54, 1.807) is 0 Å². The zero-order valence-electron chi connectivity index (χ0n) is 11.1. The van der Waals surface area contributed by atoms with Gasteiger partial charge in [-0.2, -0.15) is 0 Å². The van der Waals surface area contributed by atoms with E-state index in [0.717, 1.165) is 33.3 Å². The molecule has 1 aromatic carbocycles. The van der Waals surface area contributed by atoms with Gasteiger partial charge in [-0.05, 0) is 35.1 Å². The van der Waals surface area contributed by atoms with Crippen LogP contribution in [0.1, 0.15) is 11.1 Å². The molecule has 2 unspecified atom stereocenters. The molecule has 0 heterocycles. The average molecular weight is 429 g/mol. The summed E-state index contributed by atoms with van der Waals surface area (Å²) in [7, 11) is 1.66. The van der Waals surface area contributed by atoms with Crippen molar-refractivity contribution in [2.45, 2.75) is 31.5 Å². The standard InChI is InChI=1S/C12H16Cl6Si2/c13-11(14,15)9(19)5-7-1-2-8(4-3-7)6-10(20)12(16,17)18/h1-4,9-10H,5-6H2,19-20H3. The lowest BCUT2D eigenvalue weighted by atomic mass is 10.0. The maximum atomic E-state index is 5.91. The molecule has 0 bridgehead atoms. The first-order valence-electron chi connectivity index (χ1n) is 6.21. The molecule has 0 nitrogen and oxygen atoms in total. The molecular formula is C12H16Cl6Si2. The number of rotatable bonds is 4. The summed E-state index contributed by atoms with van der Waals surface area (Å²) in [6.45, 7) is 0. The monoisotopic (exact) mass is 426 g/mol. The van der Waals surface area contributed by atoms with Gasteiger partial charge in [0.05, 0.1) is 0 Å². The van der Waals surface area contributed by atoms with E-state index >= 15 is 0 Å². The molecule has 0 N–H and O–H groups in total. The van der Waals surface area contributed by atoms with Crippen LogP contribution in [0.3, 0.4) is 0 Å². The summed E-state index contributed by atoms with van der Waals surface area (Å²) in [5.74, 6) is 0. The van der Waals surface area contributed by atoms with E-state index in [1.807, 2.05) is 0 Å². The lowest BCUT2D eigenvalue weighted by molar-refractivity contribution is 0.834. The number of benzene rings is 1. The maximum absolute atomic E-state index is 5.91. The molecule has 0 spiro atoms. The molecule has 0 aromatic heterocycles. The minimum atomic E-state index is -1.18. The highest BCUT2D eigenvalue weighted by Gasteiger charge is 2.29. The molecule has 20 heavy (non-hydrogen) atoms. The molecule has 0 fully saturated rings. The Labute approximate surface area is 156 Å². The minimum Gasteiger partial charge on any atom is -0.0837 e. The van der Waals surface area contributed by atoms with E-state index < -0.39 is 7.59 Å². The van der Waals surface area contributed by atoms with E-state index in [-0.39, 0.29) is 11.1 Å². The Morgan fingerprint density at radius 2 is 0.950 bits per heavy atom. The molecule has 0 aliphatic heterocycles. The summed E-state index contributed by atoms with van der Waals surface area (Å²) in [6.07, 6.45) is 1.55. The van der Waals surface area contributed by atoms with Gasteiger partial charge < -0.3 is 0 Å². The molecule has 1 rings (SSSR count). The lowest BCUT2D eigenvalue weighted by Gasteiger charge is -2.21. The third-order valence-electron chi connectivity index (χ3n) is 3.22. The van der Waals surface area contributed by atoms with E-state index in [0.29, 0.717) is 0 Å². The highest BCUT2D eigenvalue weighted by Crippen LogP contribution is 2.40. The first-order valence-corrected chi connectivity index (χ1v) is 10.8. The van der Waals surface area contributed by atoms with Gasteiger partial charge in [0.25, 0.3) is 0 Å². The number of halogens is 6. The van der Waals surface area contributed by atoms with Crippen molar-refractivity contribution in [3.8, 4) is 0 Å². The van der Waals surface area contributed by atoms with Crippen LogP contribution in [0.15, 0.2) is 24.3 Å². The van der Waals surface area contributed by atoms with Gasteiger partial charge in [-0.3, -0.25) is 0 Å². The van der Waals surface area contributed by atoms with Crippen molar-refractivity contribution in [3.05, 3.63) is 35.4 Å². The predicted molar refractivity (Wildman–Crippen MR) is 102 cm³/mol. The third kappa shape index (κ3) is 6.66. The molecule has 0 saturated heterocycles. The van der Waals surface area contributed by atoms with Crippen LogP contribution < -0.4 is 0 Å². The van der Waals surface area contributed by atoms with Crippen molar-refractivity contribution in [1.82, 2.24) is 0 Å². The average Bonchev–Trinajstić information content (AvgIpc) is 2.29. The Hall–Kier alpha value is 1.39. The van der Waals surface area contributed by atoms with Crippen LogP contribution in [0.2, 0.25) is 11.1 Å². The van der Waals surface area contributed by atoms with Gasteiger partial charge in [-0.15, -0.1) is 0 Å². The molecule has 114 valence electrons. The fraction of sp³-hybridized carbons (Fsp3) is 0.500. The van der Waals surface area contributed by atoms with E-state index in [4.69, 9.17) is 69.6 Å². The van der Waals surface area contributed by atoms with Gasteiger partial charge in [0.15, 0.2) is 7.59 Å². The second kappa shape index (κ2) is 7.78. The first kappa shape index (κ1) is 19.4. The van der Waals surface area contributed by atoms with Crippen LogP contribution in [-0.4, -0.2) is 28.1 Å². The van der Waals surface area contributed by atoms with Crippen molar-refractivity contribution in [3.63, 3.8) is 0 Å². The topological polar surface area (TPSA) is 0 Å².